The van der Waals surface area contributed by atoms with Crippen molar-refractivity contribution in [3.05, 3.63) is 63.2 Å². The van der Waals surface area contributed by atoms with Crippen LogP contribution in [-0.4, -0.2) is 23.3 Å². The van der Waals surface area contributed by atoms with Crippen LogP contribution in [-0.2, 0) is 16.1 Å². The number of anilines is 1. The van der Waals surface area contributed by atoms with Crippen molar-refractivity contribution in [2.45, 2.75) is 32.9 Å². The van der Waals surface area contributed by atoms with Crippen LogP contribution in [0.25, 0.3) is 0 Å². The summed E-state index contributed by atoms with van der Waals surface area (Å²) >= 11 is 2.18. The topological polar surface area (TPSA) is 59.0 Å². The Morgan fingerprint density at radius 1 is 1.15 bits per heavy atom. The molecule has 0 N–H and O–H groups in total. The van der Waals surface area contributed by atoms with E-state index in [2.05, 4.69) is 27.6 Å². The highest BCUT2D eigenvalue weighted by molar-refractivity contribution is 14.1. The van der Waals surface area contributed by atoms with Crippen molar-refractivity contribution in [2.24, 2.45) is 4.99 Å². The van der Waals surface area contributed by atoms with Crippen molar-refractivity contribution in [3.8, 4) is 0 Å². The largest absolute Gasteiger partial charge is 0.442 e. The van der Waals surface area contributed by atoms with Gasteiger partial charge in [0, 0.05) is 9.13 Å². The molecule has 2 aromatic carbocycles. The van der Waals surface area contributed by atoms with Gasteiger partial charge in [-0.1, -0.05) is 30.3 Å². The summed E-state index contributed by atoms with van der Waals surface area (Å²) in [6, 6.07) is 15.4. The van der Waals surface area contributed by atoms with Crippen LogP contribution >= 0.6 is 22.6 Å². The number of halogens is 1. The molecule has 3 rings (SSSR count). The van der Waals surface area contributed by atoms with E-state index in [1.807, 2.05) is 48.5 Å². The smallest absolute Gasteiger partial charge is 0.434 e. The second-order valence-corrected chi connectivity index (χ2v) is 8.22. The number of rotatable bonds is 2. The van der Waals surface area contributed by atoms with Gasteiger partial charge in [-0.25, -0.2) is 4.79 Å². The number of hydrogen-bond donors (Lipinski definition) is 0. The van der Waals surface area contributed by atoms with E-state index in [4.69, 9.17) is 4.74 Å². The molecule has 26 heavy (non-hydrogen) atoms. The monoisotopic (exact) mass is 462 g/mol. The zero-order chi connectivity index (χ0) is 18.9. The van der Waals surface area contributed by atoms with Crippen LogP contribution < -0.4 is 4.90 Å². The van der Waals surface area contributed by atoms with Crippen molar-refractivity contribution < 1.29 is 14.3 Å². The Morgan fingerprint density at radius 3 is 2.50 bits per heavy atom. The second-order valence-electron chi connectivity index (χ2n) is 6.98. The van der Waals surface area contributed by atoms with Gasteiger partial charge in [0.05, 0.1) is 12.2 Å². The summed E-state index contributed by atoms with van der Waals surface area (Å²) in [5.74, 6) is -0.295. The molecule has 0 aromatic heterocycles. The van der Waals surface area contributed by atoms with Gasteiger partial charge in [-0.3, -0.25) is 4.79 Å². The summed E-state index contributed by atoms with van der Waals surface area (Å²) in [4.78, 5) is 30.7. The average Bonchev–Trinajstić information content (AvgIpc) is 2.79. The molecule has 6 heteroatoms. The maximum Gasteiger partial charge on any atom is 0.434 e. The van der Waals surface area contributed by atoms with E-state index in [0.29, 0.717) is 12.1 Å². The van der Waals surface area contributed by atoms with E-state index in [9.17, 15) is 9.59 Å². The number of amides is 2. The molecular formula is C20H19IN2O3. The molecule has 2 amide bonds. The van der Waals surface area contributed by atoms with Crippen LogP contribution in [0.15, 0.2) is 53.5 Å². The molecule has 1 aliphatic heterocycles. The average molecular weight is 462 g/mol. The minimum absolute atomic E-state index is 0.128. The van der Waals surface area contributed by atoms with Gasteiger partial charge < -0.3 is 9.64 Å². The Bertz CT molecular complexity index is 886. The predicted molar refractivity (Wildman–Crippen MR) is 110 cm³/mol. The maximum atomic E-state index is 13.0. The summed E-state index contributed by atoms with van der Waals surface area (Å²) in [6.45, 7) is 5.71. The number of hydrogen-bond acceptors (Lipinski definition) is 3. The normalized spacial score (nSPS) is 15.3. The molecule has 0 unspecified atom stereocenters. The van der Waals surface area contributed by atoms with Gasteiger partial charge in [0.25, 0.3) is 5.91 Å². The van der Waals surface area contributed by atoms with Crippen LogP contribution in [0.5, 0.6) is 0 Å². The third kappa shape index (κ3) is 4.12. The van der Waals surface area contributed by atoms with Crippen molar-refractivity contribution in [1.29, 1.82) is 0 Å². The van der Waals surface area contributed by atoms with Crippen LogP contribution in [0.3, 0.4) is 0 Å². The first-order chi connectivity index (χ1) is 12.2. The third-order valence-electron chi connectivity index (χ3n) is 3.73. The highest BCUT2D eigenvalue weighted by Crippen LogP contribution is 2.32. The van der Waals surface area contributed by atoms with Crippen LogP contribution in [0.1, 0.15) is 31.9 Å². The number of aliphatic imine (C=N–C) groups is 1. The molecule has 0 fully saturated rings. The minimum Gasteiger partial charge on any atom is -0.442 e. The fourth-order valence-corrected chi connectivity index (χ4v) is 3.18. The number of carbonyl (C=O) groups excluding carboxylic acids is 2. The molecular weight excluding hydrogens is 443 g/mol. The van der Waals surface area contributed by atoms with Gasteiger partial charge >= 0.3 is 6.09 Å². The summed E-state index contributed by atoms with van der Waals surface area (Å²) in [5.41, 5.74) is 1.87. The van der Waals surface area contributed by atoms with Crippen molar-refractivity contribution in [3.63, 3.8) is 0 Å². The third-order valence-corrected chi connectivity index (χ3v) is 4.40. The standard InChI is InChI=1S/C20H19IN2O3/c1-20(2,3)26-19(25)22-17-15-11-14(21)9-10-16(15)23(18(17)24)12-13-7-5-4-6-8-13/h4-11H,12H2,1-3H3/b22-17+. The first-order valence-corrected chi connectivity index (χ1v) is 9.30. The first kappa shape index (κ1) is 18.6. The number of nitrogens with zero attached hydrogens (tertiary/aromatic N) is 2. The zero-order valence-electron chi connectivity index (χ0n) is 14.8. The Labute approximate surface area is 166 Å². The Balaban J connectivity index is 1.98. The van der Waals surface area contributed by atoms with Gasteiger partial charge in [-0.15, -0.1) is 0 Å². The van der Waals surface area contributed by atoms with Crippen molar-refractivity contribution in [2.75, 3.05) is 4.90 Å². The highest BCUT2D eigenvalue weighted by atomic mass is 127. The van der Waals surface area contributed by atoms with Crippen LogP contribution in [0.2, 0.25) is 0 Å². The lowest BCUT2D eigenvalue weighted by Crippen LogP contribution is -2.30. The van der Waals surface area contributed by atoms with E-state index < -0.39 is 11.7 Å². The fourth-order valence-electron chi connectivity index (χ4n) is 2.69. The lowest BCUT2D eigenvalue weighted by molar-refractivity contribution is -0.112. The van der Waals surface area contributed by atoms with E-state index in [-0.39, 0.29) is 11.6 Å². The molecule has 5 nitrogen and oxygen atoms in total. The molecule has 134 valence electrons. The van der Waals surface area contributed by atoms with E-state index in [1.54, 1.807) is 25.7 Å². The number of fused-ring (bicyclic) bond motifs is 1. The lowest BCUT2D eigenvalue weighted by atomic mass is 10.1. The van der Waals surface area contributed by atoms with Gasteiger partial charge in [-0.05, 0) is 67.1 Å². The minimum atomic E-state index is -0.757. The number of carbonyl (C=O) groups is 2. The summed E-state index contributed by atoms with van der Waals surface area (Å²) in [5, 5.41) is 0. The van der Waals surface area contributed by atoms with Gasteiger partial charge in [0.1, 0.15) is 11.3 Å². The predicted octanol–water partition coefficient (Wildman–Crippen LogP) is 4.56. The highest BCUT2D eigenvalue weighted by Gasteiger charge is 2.35. The van der Waals surface area contributed by atoms with E-state index >= 15 is 0 Å². The maximum absolute atomic E-state index is 13.0. The van der Waals surface area contributed by atoms with Gasteiger partial charge in [-0.2, -0.15) is 4.99 Å². The number of ether oxygens (including phenoxy) is 1. The molecule has 0 spiro atoms. The van der Waals surface area contributed by atoms with Crippen molar-refractivity contribution >= 4 is 46.0 Å². The quantitative estimate of drug-likeness (QED) is 0.615. The van der Waals surface area contributed by atoms with E-state index in [0.717, 1.165) is 14.8 Å². The van der Waals surface area contributed by atoms with Gasteiger partial charge in [0.2, 0.25) is 0 Å². The molecule has 1 heterocycles. The molecule has 0 bridgehead atoms. The molecule has 2 aromatic rings. The van der Waals surface area contributed by atoms with Crippen LogP contribution in [0, 0.1) is 3.57 Å². The fraction of sp³-hybridized carbons (Fsp3) is 0.250. The summed E-state index contributed by atoms with van der Waals surface area (Å²) in [7, 11) is 0. The Morgan fingerprint density at radius 2 is 1.85 bits per heavy atom. The van der Waals surface area contributed by atoms with Gasteiger partial charge in [0.15, 0.2) is 0 Å². The first-order valence-electron chi connectivity index (χ1n) is 8.22. The molecule has 0 aliphatic carbocycles. The van der Waals surface area contributed by atoms with E-state index in [1.165, 1.54) is 0 Å². The Kier molecular flexibility index (Phi) is 5.13. The molecule has 0 saturated heterocycles. The molecule has 1 aliphatic rings. The molecule has 0 radical (unpaired) electrons. The van der Waals surface area contributed by atoms with Crippen LogP contribution in [0.4, 0.5) is 10.5 Å². The summed E-state index contributed by atoms with van der Waals surface area (Å²) < 4.78 is 6.21. The zero-order valence-corrected chi connectivity index (χ0v) is 17.0. The second kappa shape index (κ2) is 7.19. The summed E-state index contributed by atoms with van der Waals surface area (Å²) in [6.07, 6.45) is -0.757. The van der Waals surface area contributed by atoms with Crippen molar-refractivity contribution in [1.82, 2.24) is 0 Å². The molecule has 0 atom stereocenters. The Hall–Kier alpha value is -2.22. The number of benzene rings is 2. The lowest BCUT2D eigenvalue weighted by Gasteiger charge is -2.17. The molecule has 0 saturated carbocycles. The SMILES string of the molecule is CC(C)(C)OC(=O)/N=C1/C(=O)N(Cc2ccccc2)c2ccc(I)cc21.